The van der Waals surface area contributed by atoms with E-state index in [4.69, 9.17) is 4.74 Å². The van der Waals surface area contributed by atoms with Gasteiger partial charge in [-0.2, -0.15) is 5.10 Å². The molecule has 0 bridgehead atoms. The average molecular weight is 539 g/mol. The average Bonchev–Trinajstić information content (AvgIpc) is 3.63. The van der Waals surface area contributed by atoms with Gasteiger partial charge in [-0.15, -0.1) is 11.3 Å². The summed E-state index contributed by atoms with van der Waals surface area (Å²) in [5.74, 6) is -1.47. The number of halogens is 2. The topological polar surface area (TPSA) is 65.5 Å². The normalized spacial score (nSPS) is 17.9. The number of hydrogen-bond acceptors (Lipinski definition) is 6. The molecule has 10 heteroatoms. The van der Waals surface area contributed by atoms with E-state index in [0.29, 0.717) is 48.0 Å². The zero-order valence-electron chi connectivity index (χ0n) is 20.8. The van der Waals surface area contributed by atoms with Crippen LogP contribution in [0.4, 0.5) is 8.78 Å². The minimum Gasteiger partial charge on any atom is -0.379 e. The molecule has 0 saturated carbocycles. The lowest BCUT2D eigenvalue weighted by molar-refractivity contribution is -0.133. The summed E-state index contributed by atoms with van der Waals surface area (Å²) in [6.45, 7) is 3.56. The Morgan fingerprint density at radius 2 is 1.79 bits per heavy atom. The Balaban J connectivity index is 1.40. The lowest BCUT2D eigenvalue weighted by atomic mass is 9.98. The predicted molar refractivity (Wildman–Crippen MR) is 141 cm³/mol. The van der Waals surface area contributed by atoms with Crippen LogP contribution in [0.25, 0.3) is 0 Å². The molecule has 7 nitrogen and oxygen atoms in total. The van der Waals surface area contributed by atoms with Crippen LogP contribution in [0.1, 0.15) is 33.3 Å². The Morgan fingerprint density at radius 1 is 1.03 bits per heavy atom. The van der Waals surface area contributed by atoms with Crippen molar-refractivity contribution < 1.29 is 23.1 Å². The number of amides is 2. The molecule has 3 heterocycles. The fourth-order valence-electron chi connectivity index (χ4n) is 4.68. The van der Waals surface area contributed by atoms with Crippen LogP contribution >= 0.6 is 11.3 Å². The Morgan fingerprint density at radius 3 is 2.50 bits per heavy atom. The van der Waals surface area contributed by atoms with E-state index in [1.165, 1.54) is 39.4 Å². The summed E-state index contributed by atoms with van der Waals surface area (Å²) in [7, 11) is 0. The number of hydrogen-bond donors (Lipinski definition) is 0. The molecule has 1 saturated heterocycles. The van der Waals surface area contributed by atoms with Crippen LogP contribution in [-0.4, -0.2) is 78.3 Å². The smallest absolute Gasteiger partial charge is 0.264 e. The van der Waals surface area contributed by atoms with Gasteiger partial charge in [0.25, 0.3) is 11.8 Å². The van der Waals surface area contributed by atoms with Crippen molar-refractivity contribution in [2.24, 2.45) is 5.10 Å². The molecule has 38 heavy (non-hydrogen) atoms. The maximum Gasteiger partial charge on any atom is 0.264 e. The molecular formula is C28H28F2N4O3S. The van der Waals surface area contributed by atoms with Gasteiger partial charge in [0.05, 0.1) is 29.8 Å². The molecule has 198 valence electrons. The number of rotatable bonds is 8. The summed E-state index contributed by atoms with van der Waals surface area (Å²) >= 11 is 1.32. The van der Waals surface area contributed by atoms with Crippen LogP contribution in [0, 0.1) is 11.6 Å². The molecule has 2 aliphatic rings. The number of nitrogens with zero attached hydrogens (tertiary/aromatic N) is 4. The summed E-state index contributed by atoms with van der Waals surface area (Å²) in [5.41, 5.74) is 1.55. The van der Waals surface area contributed by atoms with E-state index in [2.05, 4.69) is 10.0 Å². The van der Waals surface area contributed by atoms with Crippen molar-refractivity contribution in [3.05, 3.63) is 93.7 Å². The van der Waals surface area contributed by atoms with Crippen molar-refractivity contribution in [3.8, 4) is 0 Å². The Bertz CT molecular complexity index is 1290. The van der Waals surface area contributed by atoms with Crippen molar-refractivity contribution in [1.29, 1.82) is 0 Å². The predicted octanol–water partition coefficient (Wildman–Crippen LogP) is 4.18. The van der Waals surface area contributed by atoms with Crippen LogP contribution in [0.3, 0.4) is 0 Å². The third-order valence-corrected chi connectivity index (χ3v) is 7.60. The minimum absolute atomic E-state index is 0.202. The van der Waals surface area contributed by atoms with Crippen molar-refractivity contribution in [1.82, 2.24) is 14.8 Å². The Labute approximate surface area is 223 Å². The third kappa shape index (κ3) is 5.98. The first-order valence-electron chi connectivity index (χ1n) is 12.5. The Kier molecular flexibility index (Phi) is 8.21. The number of morpholine rings is 1. The lowest BCUT2D eigenvalue weighted by Crippen LogP contribution is -2.46. The van der Waals surface area contributed by atoms with E-state index in [1.54, 1.807) is 42.5 Å². The molecule has 1 fully saturated rings. The van der Waals surface area contributed by atoms with E-state index in [-0.39, 0.29) is 24.7 Å². The highest BCUT2D eigenvalue weighted by Gasteiger charge is 2.36. The number of ether oxygens (including phenoxy) is 1. The molecule has 1 aromatic heterocycles. The molecule has 2 aromatic carbocycles. The molecular weight excluding hydrogens is 510 g/mol. The van der Waals surface area contributed by atoms with Crippen LogP contribution in [0.15, 0.2) is 71.1 Å². The molecule has 0 unspecified atom stereocenters. The van der Waals surface area contributed by atoms with Crippen molar-refractivity contribution >= 4 is 28.9 Å². The summed E-state index contributed by atoms with van der Waals surface area (Å²) in [6, 6.07) is 15.0. The van der Waals surface area contributed by atoms with Crippen LogP contribution in [0.2, 0.25) is 0 Å². The first kappa shape index (κ1) is 26.1. The maximum atomic E-state index is 14.8. The molecule has 5 rings (SSSR count). The zero-order chi connectivity index (χ0) is 26.5. The molecule has 3 aromatic rings. The first-order chi connectivity index (χ1) is 18.5. The number of hydrazone groups is 1. The maximum absolute atomic E-state index is 14.8. The highest BCUT2D eigenvalue weighted by Crippen LogP contribution is 2.34. The molecule has 2 aliphatic heterocycles. The van der Waals surface area contributed by atoms with Gasteiger partial charge in [0.2, 0.25) is 0 Å². The van der Waals surface area contributed by atoms with E-state index in [0.717, 1.165) is 13.1 Å². The second kappa shape index (κ2) is 11.9. The molecule has 2 amide bonds. The summed E-state index contributed by atoms with van der Waals surface area (Å²) in [6.07, 6.45) is 0.269. The molecule has 0 N–H and O–H groups in total. The van der Waals surface area contributed by atoms with Gasteiger partial charge in [-0.25, -0.2) is 13.8 Å². The summed E-state index contributed by atoms with van der Waals surface area (Å²) < 4.78 is 33.8. The van der Waals surface area contributed by atoms with Gasteiger partial charge in [-0.3, -0.25) is 14.5 Å². The number of benzene rings is 2. The summed E-state index contributed by atoms with van der Waals surface area (Å²) in [4.78, 5) is 31.3. The van der Waals surface area contributed by atoms with Gasteiger partial charge in [0.15, 0.2) is 0 Å². The molecule has 1 atom stereocenters. The van der Waals surface area contributed by atoms with Crippen LogP contribution < -0.4 is 0 Å². The second-order valence-corrected chi connectivity index (χ2v) is 10.1. The lowest BCUT2D eigenvalue weighted by Gasteiger charge is -2.31. The van der Waals surface area contributed by atoms with Crippen molar-refractivity contribution in [3.63, 3.8) is 0 Å². The fourth-order valence-corrected chi connectivity index (χ4v) is 5.37. The Hall–Kier alpha value is -3.47. The van der Waals surface area contributed by atoms with Crippen molar-refractivity contribution in [2.45, 2.75) is 12.5 Å². The molecule has 0 spiro atoms. The number of carbonyl (C=O) groups excluding carboxylic acids is 2. The molecule has 0 aliphatic carbocycles. The van der Waals surface area contributed by atoms with Gasteiger partial charge in [0.1, 0.15) is 18.2 Å². The quantitative estimate of drug-likeness (QED) is 0.432. The van der Waals surface area contributed by atoms with Gasteiger partial charge in [-0.1, -0.05) is 36.4 Å². The monoisotopic (exact) mass is 538 g/mol. The minimum atomic E-state index is -0.679. The van der Waals surface area contributed by atoms with Gasteiger partial charge in [-0.05, 0) is 35.2 Å². The standard InChI is InChI=1S/C28H28F2N4O3S/c29-21-9-7-20(8-10-21)24-18-25(22-4-1-2-5-23(22)30)34(31-24)27(35)19-33(28(36)26-6-3-17-38-26)12-11-32-13-15-37-16-14-32/h1-10,17,25H,11-16,18-19H2/t25-/m1/s1. The molecule has 0 radical (unpaired) electrons. The van der Waals surface area contributed by atoms with Gasteiger partial charge in [0, 0.05) is 38.2 Å². The SMILES string of the molecule is O=C(c1cccs1)N(CCN1CCOCC1)CC(=O)N1N=C(c2ccc(F)cc2)C[C@@H]1c1ccccc1F. The third-order valence-electron chi connectivity index (χ3n) is 6.74. The van der Waals surface area contributed by atoms with Gasteiger partial charge >= 0.3 is 0 Å². The van der Waals surface area contributed by atoms with Crippen LogP contribution in [0.5, 0.6) is 0 Å². The van der Waals surface area contributed by atoms with Crippen molar-refractivity contribution in [2.75, 3.05) is 45.9 Å². The largest absolute Gasteiger partial charge is 0.379 e. The highest BCUT2D eigenvalue weighted by atomic mass is 32.1. The first-order valence-corrected chi connectivity index (χ1v) is 13.4. The number of carbonyl (C=O) groups is 2. The van der Waals surface area contributed by atoms with E-state index >= 15 is 0 Å². The van der Waals surface area contributed by atoms with Gasteiger partial charge < -0.3 is 9.64 Å². The zero-order valence-corrected chi connectivity index (χ0v) is 21.6. The fraction of sp³-hybridized carbons (Fsp3) is 0.321. The van der Waals surface area contributed by atoms with E-state index in [1.807, 2.05) is 5.38 Å². The highest BCUT2D eigenvalue weighted by molar-refractivity contribution is 7.12. The van der Waals surface area contributed by atoms with Crippen LogP contribution in [-0.2, 0) is 9.53 Å². The number of thiophene rings is 1. The van der Waals surface area contributed by atoms with E-state index in [9.17, 15) is 18.4 Å². The summed E-state index contributed by atoms with van der Waals surface area (Å²) in [5, 5.41) is 7.66. The van der Waals surface area contributed by atoms with E-state index < -0.39 is 17.8 Å². The second-order valence-electron chi connectivity index (χ2n) is 9.19.